The van der Waals surface area contributed by atoms with Crippen molar-refractivity contribution in [2.45, 2.75) is 6.04 Å². The molecule has 1 aromatic heterocycles. The number of methoxy groups -OCH3 is 1. The number of aliphatic hydroxyl groups is 1. The molecule has 0 saturated heterocycles. The highest BCUT2D eigenvalue weighted by molar-refractivity contribution is 7.22. The fourth-order valence-electron chi connectivity index (χ4n) is 4.69. The lowest BCUT2D eigenvalue weighted by Gasteiger charge is -2.24. The molecule has 0 bridgehead atoms. The number of aliphatic hydroxyl groups excluding tert-OH is 1. The SMILES string of the molecule is COc1ccc2nc(N3C(=O)C(O)=C(C(=O)/C=C/c4ccccc4)C3c3cccc(Oc4ccccc4)c3)sc2c1. The van der Waals surface area contributed by atoms with E-state index < -0.39 is 23.5 Å². The van der Waals surface area contributed by atoms with Gasteiger partial charge in [-0.2, -0.15) is 0 Å². The molecule has 8 heteroatoms. The molecule has 2 heterocycles. The second kappa shape index (κ2) is 11.1. The van der Waals surface area contributed by atoms with Gasteiger partial charge in [-0.3, -0.25) is 14.5 Å². The van der Waals surface area contributed by atoms with E-state index in [0.717, 1.165) is 10.3 Å². The molecule has 1 aliphatic heterocycles. The summed E-state index contributed by atoms with van der Waals surface area (Å²) in [6, 6.07) is 30.3. The summed E-state index contributed by atoms with van der Waals surface area (Å²) in [5.41, 5.74) is 2.04. The summed E-state index contributed by atoms with van der Waals surface area (Å²) in [4.78, 5) is 33.3. The predicted molar refractivity (Wildman–Crippen MR) is 159 cm³/mol. The molecular weight excluding hydrogens is 536 g/mol. The third-order valence-corrected chi connectivity index (χ3v) is 7.66. The first-order valence-electron chi connectivity index (χ1n) is 12.8. The van der Waals surface area contributed by atoms with Gasteiger partial charge in [-0.25, -0.2) is 4.98 Å². The Bertz CT molecular complexity index is 1810. The summed E-state index contributed by atoms with van der Waals surface area (Å²) in [5.74, 6) is 0.0311. The van der Waals surface area contributed by atoms with Crippen LogP contribution in [-0.4, -0.2) is 28.9 Å². The van der Waals surface area contributed by atoms with Gasteiger partial charge < -0.3 is 14.6 Å². The maximum Gasteiger partial charge on any atom is 0.296 e. The third kappa shape index (κ3) is 5.20. The van der Waals surface area contributed by atoms with Crippen molar-refractivity contribution < 1.29 is 24.2 Å². The van der Waals surface area contributed by atoms with E-state index in [0.29, 0.717) is 33.5 Å². The lowest BCUT2D eigenvalue weighted by atomic mass is 9.95. The summed E-state index contributed by atoms with van der Waals surface area (Å²) in [6.45, 7) is 0. The van der Waals surface area contributed by atoms with E-state index in [-0.39, 0.29) is 5.57 Å². The van der Waals surface area contributed by atoms with E-state index in [1.165, 1.54) is 22.3 Å². The van der Waals surface area contributed by atoms with E-state index in [1.54, 1.807) is 49.6 Å². The first-order valence-corrected chi connectivity index (χ1v) is 13.6. The van der Waals surface area contributed by atoms with Gasteiger partial charge in [0.25, 0.3) is 5.91 Å². The Hall–Kier alpha value is -5.21. The van der Waals surface area contributed by atoms with Crippen LogP contribution in [0.2, 0.25) is 0 Å². The van der Waals surface area contributed by atoms with Crippen LogP contribution < -0.4 is 14.4 Å². The maximum atomic E-state index is 13.6. The quantitative estimate of drug-likeness (QED) is 0.201. The Balaban J connectivity index is 1.44. The number of carbonyl (C=O) groups excluding carboxylic acids is 2. The molecule has 6 rings (SSSR count). The van der Waals surface area contributed by atoms with E-state index in [4.69, 9.17) is 9.47 Å². The largest absolute Gasteiger partial charge is 0.503 e. The average Bonchev–Trinajstić information content (AvgIpc) is 3.54. The highest BCUT2D eigenvalue weighted by atomic mass is 32.1. The van der Waals surface area contributed by atoms with Crippen molar-refractivity contribution in [1.29, 1.82) is 0 Å². The molecule has 1 unspecified atom stereocenters. The molecule has 7 nitrogen and oxygen atoms in total. The number of allylic oxidation sites excluding steroid dienone is 1. The van der Waals surface area contributed by atoms with Gasteiger partial charge in [0, 0.05) is 0 Å². The zero-order valence-corrected chi connectivity index (χ0v) is 22.7. The number of ether oxygens (including phenoxy) is 2. The van der Waals surface area contributed by atoms with Crippen LogP contribution in [0.1, 0.15) is 17.2 Å². The zero-order chi connectivity index (χ0) is 28.3. The molecule has 1 aliphatic rings. The lowest BCUT2D eigenvalue weighted by Crippen LogP contribution is -2.30. The monoisotopic (exact) mass is 560 g/mol. The minimum absolute atomic E-state index is 0.0316. The third-order valence-electron chi connectivity index (χ3n) is 6.64. The molecule has 1 N–H and O–H groups in total. The number of rotatable bonds is 8. The number of anilines is 1. The number of ketones is 1. The number of thiazole rings is 1. The number of amides is 1. The predicted octanol–water partition coefficient (Wildman–Crippen LogP) is 7.28. The maximum absolute atomic E-state index is 13.6. The topological polar surface area (TPSA) is 89.0 Å². The van der Waals surface area contributed by atoms with E-state index in [9.17, 15) is 14.7 Å². The number of aromatic nitrogens is 1. The summed E-state index contributed by atoms with van der Waals surface area (Å²) in [6.07, 6.45) is 3.03. The van der Waals surface area contributed by atoms with Gasteiger partial charge in [-0.15, -0.1) is 0 Å². The number of carbonyl (C=O) groups is 2. The van der Waals surface area contributed by atoms with Crippen molar-refractivity contribution in [3.05, 3.63) is 132 Å². The Morgan fingerprint density at radius 1 is 0.902 bits per heavy atom. The molecule has 202 valence electrons. The molecule has 0 aliphatic carbocycles. The number of benzene rings is 4. The average molecular weight is 561 g/mol. The van der Waals surface area contributed by atoms with Crippen LogP contribution in [0.15, 0.2) is 121 Å². The smallest absolute Gasteiger partial charge is 0.296 e. The number of para-hydroxylation sites is 1. The summed E-state index contributed by atoms with van der Waals surface area (Å²) in [5, 5.41) is 11.5. The van der Waals surface area contributed by atoms with Crippen molar-refractivity contribution in [1.82, 2.24) is 4.98 Å². The number of fused-ring (bicyclic) bond motifs is 1. The van der Waals surface area contributed by atoms with Gasteiger partial charge >= 0.3 is 0 Å². The normalized spacial score (nSPS) is 15.2. The Kier molecular flexibility index (Phi) is 7.06. The Morgan fingerprint density at radius 3 is 2.39 bits per heavy atom. The lowest BCUT2D eigenvalue weighted by molar-refractivity contribution is -0.117. The van der Waals surface area contributed by atoms with Gasteiger partial charge in [0.1, 0.15) is 17.2 Å². The van der Waals surface area contributed by atoms with Crippen LogP contribution in [0.4, 0.5) is 5.13 Å². The first-order chi connectivity index (χ1) is 20.0. The van der Waals surface area contributed by atoms with E-state index in [1.807, 2.05) is 66.7 Å². The van der Waals surface area contributed by atoms with Crippen LogP contribution >= 0.6 is 11.3 Å². The molecule has 1 amide bonds. The molecule has 0 saturated carbocycles. The van der Waals surface area contributed by atoms with Gasteiger partial charge in [0.05, 0.1) is 28.9 Å². The van der Waals surface area contributed by atoms with Gasteiger partial charge in [-0.05, 0) is 59.7 Å². The number of hydrogen-bond donors (Lipinski definition) is 1. The van der Waals surface area contributed by atoms with Crippen LogP contribution in [-0.2, 0) is 9.59 Å². The fraction of sp³-hybridized carbons (Fsp3) is 0.0606. The highest BCUT2D eigenvalue weighted by Gasteiger charge is 2.45. The number of nitrogens with zero attached hydrogens (tertiary/aromatic N) is 2. The molecule has 5 aromatic rings. The minimum Gasteiger partial charge on any atom is -0.503 e. The van der Waals surface area contributed by atoms with Crippen LogP contribution in [0.3, 0.4) is 0 Å². The second-order valence-electron chi connectivity index (χ2n) is 9.27. The van der Waals surface area contributed by atoms with E-state index in [2.05, 4.69) is 4.98 Å². The minimum atomic E-state index is -0.933. The zero-order valence-electron chi connectivity index (χ0n) is 21.9. The first kappa shape index (κ1) is 26.0. The summed E-state index contributed by atoms with van der Waals surface area (Å²) in [7, 11) is 1.58. The molecule has 41 heavy (non-hydrogen) atoms. The van der Waals surface area contributed by atoms with Crippen molar-refractivity contribution in [3.8, 4) is 17.2 Å². The fourth-order valence-corrected chi connectivity index (χ4v) is 5.71. The number of hydrogen-bond acceptors (Lipinski definition) is 7. The van der Waals surface area contributed by atoms with Gasteiger partial charge in [0.2, 0.25) is 0 Å². The van der Waals surface area contributed by atoms with E-state index >= 15 is 0 Å². The van der Waals surface area contributed by atoms with Crippen molar-refractivity contribution in [2.24, 2.45) is 0 Å². The van der Waals surface area contributed by atoms with Crippen LogP contribution in [0.5, 0.6) is 17.2 Å². The Labute approximate surface area is 240 Å². The van der Waals surface area contributed by atoms with Gasteiger partial charge in [-0.1, -0.05) is 78.1 Å². The second-order valence-corrected chi connectivity index (χ2v) is 10.3. The molecule has 4 aromatic carbocycles. The molecule has 0 radical (unpaired) electrons. The standard InChI is InChI=1S/C33H24N2O5S/c1-39-24-16-17-26-28(20-24)41-33(34-26)35-30(22-11-8-14-25(19-22)40-23-12-6-3-7-13-23)29(31(37)32(35)38)27(36)18-15-21-9-4-2-5-10-21/h2-20,30,37H,1H3/b18-15+. The molecule has 0 fully saturated rings. The van der Waals surface area contributed by atoms with Crippen LogP contribution in [0, 0.1) is 0 Å². The van der Waals surface area contributed by atoms with Gasteiger partial charge in [0.15, 0.2) is 16.7 Å². The summed E-state index contributed by atoms with van der Waals surface area (Å²) >= 11 is 1.27. The van der Waals surface area contributed by atoms with Crippen molar-refractivity contribution >= 4 is 44.5 Å². The van der Waals surface area contributed by atoms with Crippen molar-refractivity contribution in [3.63, 3.8) is 0 Å². The summed E-state index contributed by atoms with van der Waals surface area (Å²) < 4.78 is 12.2. The Morgan fingerprint density at radius 2 is 1.63 bits per heavy atom. The molecular formula is C33H24N2O5S. The van der Waals surface area contributed by atoms with Crippen molar-refractivity contribution in [2.75, 3.05) is 12.0 Å². The molecule has 1 atom stereocenters. The highest BCUT2D eigenvalue weighted by Crippen LogP contribution is 2.44. The molecule has 0 spiro atoms. The van der Waals surface area contributed by atoms with Crippen LogP contribution in [0.25, 0.3) is 16.3 Å².